The number of aryl methyl sites for hydroxylation is 2. The van der Waals surface area contributed by atoms with Crippen molar-refractivity contribution in [1.29, 1.82) is 0 Å². The molecule has 0 radical (unpaired) electrons. The first-order valence-corrected chi connectivity index (χ1v) is 8.25. The lowest BCUT2D eigenvalue weighted by Crippen LogP contribution is -2.53. The molecule has 0 fully saturated rings. The van der Waals surface area contributed by atoms with E-state index >= 15 is 0 Å². The molecule has 0 saturated heterocycles. The number of benzene rings is 1. The molecule has 0 atom stereocenters. The Kier molecular flexibility index (Phi) is 5.42. The maximum Gasteiger partial charge on any atom is 0.430 e. The Labute approximate surface area is 148 Å². The monoisotopic (exact) mass is 399 g/mol. The molecule has 0 spiro atoms. The van der Waals surface area contributed by atoms with Crippen molar-refractivity contribution in [2.24, 2.45) is 0 Å². The van der Waals surface area contributed by atoms with Gasteiger partial charge in [0.1, 0.15) is 0 Å². The molecule has 2 rings (SSSR count). The van der Waals surface area contributed by atoms with E-state index in [1.165, 1.54) is 18.3 Å². The molecule has 0 aliphatic heterocycles. The number of nitrogens with zero attached hydrogens (tertiary/aromatic N) is 1. The Balaban J connectivity index is 2.62. The topological polar surface area (TPSA) is 53.4 Å². The summed E-state index contributed by atoms with van der Waals surface area (Å²) in [4.78, 5) is 4.64. The number of aliphatic hydroxyl groups is 2. The van der Waals surface area contributed by atoms with Crippen LogP contribution in [0.5, 0.6) is 0 Å². The van der Waals surface area contributed by atoms with E-state index in [0.717, 1.165) is 6.07 Å². The van der Waals surface area contributed by atoms with Crippen LogP contribution >= 0.6 is 11.3 Å². The van der Waals surface area contributed by atoms with Crippen molar-refractivity contribution in [2.75, 3.05) is 0 Å². The summed E-state index contributed by atoms with van der Waals surface area (Å²) in [6.45, 7) is 2.74. The van der Waals surface area contributed by atoms with Crippen LogP contribution < -0.4 is 0 Å². The second-order valence-electron chi connectivity index (χ2n) is 5.63. The minimum Gasteiger partial charge on any atom is -0.390 e. The van der Waals surface area contributed by atoms with Gasteiger partial charge in [0, 0.05) is 5.56 Å². The Morgan fingerprint density at radius 2 is 1.65 bits per heavy atom. The molecule has 0 saturated carbocycles. The molecule has 0 bridgehead atoms. The molecule has 0 amide bonds. The third-order valence-electron chi connectivity index (χ3n) is 3.90. The van der Waals surface area contributed by atoms with Crippen molar-refractivity contribution in [3.8, 4) is 10.4 Å². The number of hydrogen-bond acceptors (Lipinski definition) is 4. The molecule has 0 aliphatic rings. The predicted molar refractivity (Wildman–Crippen MR) is 83.6 cm³/mol. The van der Waals surface area contributed by atoms with E-state index in [-0.39, 0.29) is 5.56 Å². The molecule has 2 N–H and O–H groups in total. The third-order valence-corrected chi connectivity index (χ3v) is 5.18. The molecular weight excluding hydrogens is 384 g/mol. The third kappa shape index (κ3) is 3.33. The molecular formula is C16H15F6NO2S. The zero-order valence-electron chi connectivity index (χ0n) is 13.7. The molecule has 144 valence electrons. The average molecular weight is 399 g/mol. The van der Waals surface area contributed by atoms with E-state index < -0.39 is 30.1 Å². The van der Waals surface area contributed by atoms with Crippen molar-refractivity contribution in [3.05, 3.63) is 40.0 Å². The standard InChI is InChI=1S/C16H15F6NO2S/c1-3-12-23-11(7-24)13(26-12)10-5-4-9(6-8(10)2)14(25,15(17,18)19)16(20,21)22/h4-6,24-25H,3,7H2,1-2H3. The van der Waals surface area contributed by atoms with E-state index in [1.54, 1.807) is 0 Å². The van der Waals surface area contributed by atoms with Gasteiger partial charge in [-0.15, -0.1) is 11.3 Å². The predicted octanol–water partition coefficient (Wildman–Crippen LogP) is 4.49. The summed E-state index contributed by atoms with van der Waals surface area (Å²) in [6, 6.07) is 2.32. The first-order valence-electron chi connectivity index (χ1n) is 7.43. The Bertz CT molecular complexity index is 783. The van der Waals surface area contributed by atoms with Crippen LogP contribution in [0.15, 0.2) is 18.2 Å². The van der Waals surface area contributed by atoms with E-state index in [1.807, 2.05) is 6.92 Å². The van der Waals surface area contributed by atoms with Gasteiger partial charge < -0.3 is 10.2 Å². The highest BCUT2D eigenvalue weighted by Crippen LogP contribution is 2.50. The zero-order chi connectivity index (χ0) is 19.9. The van der Waals surface area contributed by atoms with E-state index in [2.05, 4.69) is 4.98 Å². The molecule has 0 unspecified atom stereocenters. The second-order valence-corrected chi connectivity index (χ2v) is 6.71. The van der Waals surface area contributed by atoms with Crippen LogP contribution in [-0.2, 0) is 18.6 Å². The Morgan fingerprint density at radius 3 is 2.08 bits per heavy atom. The fourth-order valence-electron chi connectivity index (χ4n) is 2.50. The molecule has 1 aromatic heterocycles. The second kappa shape index (κ2) is 6.82. The fraction of sp³-hybridized carbons (Fsp3) is 0.438. The maximum atomic E-state index is 13.0. The molecule has 3 nitrogen and oxygen atoms in total. The highest BCUT2D eigenvalue weighted by atomic mass is 32.1. The van der Waals surface area contributed by atoms with Crippen LogP contribution in [0.3, 0.4) is 0 Å². The van der Waals surface area contributed by atoms with Crippen LogP contribution in [0.2, 0.25) is 0 Å². The van der Waals surface area contributed by atoms with Gasteiger partial charge in [0.05, 0.1) is 22.2 Å². The van der Waals surface area contributed by atoms with Gasteiger partial charge in [0.15, 0.2) is 0 Å². The van der Waals surface area contributed by atoms with E-state index in [4.69, 9.17) is 0 Å². The van der Waals surface area contributed by atoms with Crippen molar-refractivity contribution in [3.63, 3.8) is 0 Å². The lowest BCUT2D eigenvalue weighted by molar-refractivity contribution is -0.376. The summed E-state index contributed by atoms with van der Waals surface area (Å²) < 4.78 is 78.0. The maximum absolute atomic E-state index is 13.0. The Hall–Kier alpha value is -1.65. The molecule has 0 aliphatic carbocycles. The van der Waals surface area contributed by atoms with Crippen LogP contribution in [0.25, 0.3) is 10.4 Å². The molecule has 26 heavy (non-hydrogen) atoms. The number of rotatable bonds is 4. The Morgan fingerprint density at radius 1 is 1.08 bits per heavy atom. The lowest BCUT2D eigenvalue weighted by atomic mass is 9.89. The first-order chi connectivity index (χ1) is 11.9. The van der Waals surface area contributed by atoms with Gasteiger partial charge in [-0.25, -0.2) is 4.98 Å². The van der Waals surface area contributed by atoms with Crippen LogP contribution in [0, 0.1) is 6.92 Å². The number of halogens is 6. The highest BCUT2D eigenvalue weighted by Gasteiger charge is 2.71. The highest BCUT2D eigenvalue weighted by molar-refractivity contribution is 7.15. The molecule has 2 aromatic rings. The lowest BCUT2D eigenvalue weighted by Gasteiger charge is -2.33. The summed E-state index contributed by atoms with van der Waals surface area (Å²) in [5.74, 6) is 0. The van der Waals surface area contributed by atoms with Gasteiger partial charge in [-0.2, -0.15) is 26.3 Å². The smallest absolute Gasteiger partial charge is 0.390 e. The first kappa shape index (κ1) is 20.7. The van der Waals surface area contributed by atoms with Gasteiger partial charge in [-0.05, 0) is 24.5 Å². The summed E-state index contributed by atoms with van der Waals surface area (Å²) >= 11 is 1.20. The number of aliphatic hydroxyl groups excluding tert-OH is 1. The van der Waals surface area contributed by atoms with Gasteiger partial charge in [-0.1, -0.05) is 25.1 Å². The quantitative estimate of drug-likeness (QED) is 0.746. The van der Waals surface area contributed by atoms with Gasteiger partial charge in [-0.3, -0.25) is 0 Å². The summed E-state index contributed by atoms with van der Waals surface area (Å²) in [5.41, 5.74) is -5.54. The summed E-state index contributed by atoms with van der Waals surface area (Å²) in [6.07, 6.45) is -11.3. The van der Waals surface area contributed by atoms with Crippen LogP contribution in [0.1, 0.15) is 28.8 Å². The minimum absolute atomic E-state index is 0.0930. The van der Waals surface area contributed by atoms with E-state index in [9.17, 15) is 36.6 Å². The summed E-state index contributed by atoms with van der Waals surface area (Å²) in [5, 5.41) is 19.5. The van der Waals surface area contributed by atoms with Crippen molar-refractivity contribution >= 4 is 11.3 Å². The van der Waals surface area contributed by atoms with Gasteiger partial charge in [0.25, 0.3) is 5.60 Å². The number of hydrogen-bond donors (Lipinski definition) is 2. The van der Waals surface area contributed by atoms with Gasteiger partial charge >= 0.3 is 12.4 Å². The normalized spacial score (nSPS) is 13.3. The average Bonchev–Trinajstić information content (AvgIpc) is 2.95. The van der Waals surface area contributed by atoms with Crippen molar-refractivity contribution < 1.29 is 36.6 Å². The summed E-state index contributed by atoms with van der Waals surface area (Å²) in [7, 11) is 0. The molecule has 10 heteroatoms. The number of alkyl halides is 6. The molecule has 1 heterocycles. The number of thiazole rings is 1. The van der Waals surface area contributed by atoms with Crippen molar-refractivity contribution in [2.45, 2.75) is 44.8 Å². The SMILES string of the molecule is CCc1nc(CO)c(-c2ccc(C(O)(C(F)(F)F)C(F)(F)F)cc2C)s1. The number of aromatic nitrogens is 1. The van der Waals surface area contributed by atoms with E-state index in [0.29, 0.717) is 39.7 Å². The largest absolute Gasteiger partial charge is 0.430 e. The zero-order valence-corrected chi connectivity index (χ0v) is 14.5. The minimum atomic E-state index is -5.94. The van der Waals surface area contributed by atoms with Crippen molar-refractivity contribution in [1.82, 2.24) is 4.98 Å². The molecule has 1 aromatic carbocycles. The van der Waals surface area contributed by atoms with Crippen LogP contribution in [-0.4, -0.2) is 27.5 Å². The fourth-order valence-corrected chi connectivity index (χ4v) is 3.60. The van der Waals surface area contributed by atoms with Gasteiger partial charge in [0.2, 0.25) is 0 Å². The van der Waals surface area contributed by atoms with Crippen LogP contribution in [0.4, 0.5) is 26.3 Å².